The molecule has 0 spiro atoms. The molecule has 0 amide bonds. The third-order valence-corrected chi connectivity index (χ3v) is 3.67. The lowest BCUT2D eigenvalue weighted by Gasteiger charge is -2.00. The highest BCUT2D eigenvalue weighted by Crippen LogP contribution is 2.27. The molecular formula is C14H17FN2OS. The molecule has 0 radical (unpaired) electrons. The monoisotopic (exact) mass is 280 g/mol. The van der Waals surface area contributed by atoms with Crippen LogP contribution in [0.3, 0.4) is 0 Å². The number of hydrogen-bond acceptors (Lipinski definition) is 4. The molecule has 102 valence electrons. The van der Waals surface area contributed by atoms with Gasteiger partial charge in [-0.05, 0) is 19.1 Å². The SMILES string of the molecule is COCCNCc1nc(-c2cccc(F)c2)c(C)s1. The van der Waals surface area contributed by atoms with Gasteiger partial charge in [0.15, 0.2) is 0 Å². The number of hydrogen-bond donors (Lipinski definition) is 1. The molecule has 1 aromatic heterocycles. The normalized spacial score (nSPS) is 10.9. The van der Waals surface area contributed by atoms with E-state index in [1.807, 2.05) is 13.0 Å². The molecule has 1 aromatic carbocycles. The maximum absolute atomic E-state index is 13.2. The molecule has 0 aliphatic rings. The molecule has 19 heavy (non-hydrogen) atoms. The van der Waals surface area contributed by atoms with E-state index in [2.05, 4.69) is 10.3 Å². The van der Waals surface area contributed by atoms with Crippen LogP contribution in [-0.2, 0) is 11.3 Å². The van der Waals surface area contributed by atoms with Crippen LogP contribution in [0.5, 0.6) is 0 Å². The number of aryl methyl sites for hydroxylation is 1. The zero-order valence-electron chi connectivity index (χ0n) is 11.1. The average Bonchev–Trinajstić information content (AvgIpc) is 2.76. The second kappa shape index (κ2) is 6.75. The van der Waals surface area contributed by atoms with Crippen molar-refractivity contribution in [2.45, 2.75) is 13.5 Å². The van der Waals surface area contributed by atoms with Gasteiger partial charge in [0.25, 0.3) is 0 Å². The molecule has 0 aliphatic carbocycles. The molecule has 0 aliphatic heterocycles. The van der Waals surface area contributed by atoms with E-state index in [1.165, 1.54) is 12.1 Å². The molecule has 1 N–H and O–H groups in total. The van der Waals surface area contributed by atoms with Crippen LogP contribution in [-0.4, -0.2) is 25.2 Å². The highest BCUT2D eigenvalue weighted by molar-refractivity contribution is 7.12. The topological polar surface area (TPSA) is 34.1 Å². The highest BCUT2D eigenvalue weighted by Gasteiger charge is 2.10. The summed E-state index contributed by atoms with van der Waals surface area (Å²) in [5.74, 6) is -0.232. The third kappa shape index (κ3) is 3.83. The number of methoxy groups -OCH3 is 1. The minimum atomic E-state index is -0.232. The Hall–Kier alpha value is -1.30. The Balaban J connectivity index is 2.08. The first-order valence-corrected chi connectivity index (χ1v) is 6.94. The van der Waals surface area contributed by atoms with E-state index in [-0.39, 0.29) is 5.82 Å². The van der Waals surface area contributed by atoms with Crippen molar-refractivity contribution in [3.8, 4) is 11.3 Å². The van der Waals surface area contributed by atoms with Crippen LogP contribution in [0, 0.1) is 12.7 Å². The number of thiazole rings is 1. The molecule has 0 saturated heterocycles. The van der Waals surface area contributed by atoms with Gasteiger partial charge < -0.3 is 10.1 Å². The molecule has 0 saturated carbocycles. The fourth-order valence-electron chi connectivity index (χ4n) is 1.80. The summed E-state index contributed by atoms with van der Waals surface area (Å²) in [5.41, 5.74) is 1.70. The Labute approximate surface area is 116 Å². The molecule has 2 aromatic rings. The van der Waals surface area contributed by atoms with Gasteiger partial charge in [-0.1, -0.05) is 12.1 Å². The molecular weight excluding hydrogens is 263 g/mol. The fourth-order valence-corrected chi connectivity index (χ4v) is 2.72. The fraction of sp³-hybridized carbons (Fsp3) is 0.357. The third-order valence-electron chi connectivity index (χ3n) is 2.70. The summed E-state index contributed by atoms with van der Waals surface area (Å²) < 4.78 is 18.2. The van der Waals surface area contributed by atoms with Crippen molar-refractivity contribution in [1.82, 2.24) is 10.3 Å². The van der Waals surface area contributed by atoms with E-state index in [0.29, 0.717) is 13.2 Å². The van der Waals surface area contributed by atoms with Gasteiger partial charge in [0.1, 0.15) is 10.8 Å². The van der Waals surface area contributed by atoms with Gasteiger partial charge in [-0.15, -0.1) is 11.3 Å². The van der Waals surface area contributed by atoms with E-state index in [4.69, 9.17) is 4.74 Å². The quantitative estimate of drug-likeness (QED) is 0.826. The standard InChI is InChI=1S/C14H17FN2OS/c1-10-14(11-4-3-5-12(15)8-11)17-13(19-10)9-16-6-7-18-2/h3-5,8,16H,6-7,9H2,1-2H3. The van der Waals surface area contributed by atoms with E-state index in [1.54, 1.807) is 24.5 Å². The van der Waals surface area contributed by atoms with Crippen molar-refractivity contribution in [2.75, 3.05) is 20.3 Å². The Morgan fingerprint density at radius 3 is 3.00 bits per heavy atom. The largest absolute Gasteiger partial charge is 0.383 e. The van der Waals surface area contributed by atoms with Gasteiger partial charge in [0, 0.05) is 30.6 Å². The highest BCUT2D eigenvalue weighted by atomic mass is 32.1. The number of benzene rings is 1. The minimum absolute atomic E-state index is 0.232. The molecule has 3 nitrogen and oxygen atoms in total. The first kappa shape index (κ1) is 14.1. The summed E-state index contributed by atoms with van der Waals surface area (Å²) in [6, 6.07) is 6.55. The average molecular weight is 280 g/mol. The van der Waals surface area contributed by atoms with E-state index in [0.717, 1.165) is 27.7 Å². The Morgan fingerprint density at radius 1 is 1.42 bits per heavy atom. The van der Waals surface area contributed by atoms with E-state index < -0.39 is 0 Å². The number of halogens is 1. The van der Waals surface area contributed by atoms with Gasteiger partial charge in [-0.3, -0.25) is 0 Å². The van der Waals surface area contributed by atoms with Gasteiger partial charge in [0.05, 0.1) is 12.3 Å². The molecule has 0 bridgehead atoms. The Morgan fingerprint density at radius 2 is 2.26 bits per heavy atom. The zero-order chi connectivity index (χ0) is 13.7. The first-order valence-electron chi connectivity index (χ1n) is 6.12. The zero-order valence-corrected chi connectivity index (χ0v) is 11.9. The predicted molar refractivity (Wildman–Crippen MR) is 75.8 cm³/mol. The lowest BCUT2D eigenvalue weighted by Crippen LogP contribution is -2.18. The second-order valence-electron chi connectivity index (χ2n) is 4.19. The van der Waals surface area contributed by atoms with Gasteiger partial charge in [-0.2, -0.15) is 0 Å². The lowest BCUT2D eigenvalue weighted by atomic mass is 10.1. The maximum Gasteiger partial charge on any atom is 0.123 e. The number of ether oxygens (including phenoxy) is 1. The molecule has 0 fully saturated rings. The van der Waals surface area contributed by atoms with Crippen molar-refractivity contribution in [1.29, 1.82) is 0 Å². The molecule has 0 atom stereocenters. The lowest BCUT2D eigenvalue weighted by molar-refractivity contribution is 0.199. The van der Waals surface area contributed by atoms with E-state index in [9.17, 15) is 4.39 Å². The number of nitrogens with zero attached hydrogens (tertiary/aromatic N) is 1. The van der Waals surface area contributed by atoms with Crippen LogP contribution < -0.4 is 5.32 Å². The van der Waals surface area contributed by atoms with Crippen molar-refractivity contribution in [2.24, 2.45) is 0 Å². The Kier molecular flexibility index (Phi) is 5.01. The summed E-state index contributed by atoms with van der Waals surface area (Å²) in [6.07, 6.45) is 0. The van der Waals surface area contributed by atoms with Crippen LogP contribution in [0.15, 0.2) is 24.3 Å². The molecule has 1 heterocycles. The van der Waals surface area contributed by atoms with Crippen LogP contribution in [0.4, 0.5) is 4.39 Å². The molecule has 2 rings (SSSR count). The second-order valence-corrected chi connectivity index (χ2v) is 5.48. The van der Waals surface area contributed by atoms with Gasteiger partial charge in [-0.25, -0.2) is 9.37 Å². The van der Waals surface area contributed by atoms with Crippen molar-refractivity contribution in [3.05, 3.63) is 40.0 Å². The van der Waals surface area contributed by atoms with Crippen LogP contribution in [0.1, 0.15) is 9.88 Å². The van der Waals surface area contributed by atoms with Gasteiger partial charge >= 0.3 is 0 Å². The maximum atomic E-state index is 13.2. The first-order chi connectivity index (χ1) is 9.20. The van der Waals surface area contributed by atoms with Crippen LogP contribution in [0.2, 0.25) is 0 Å². The van der Waals surface area contributed by atoms with E-state index >= 15 is 0 Å². The summed E-state index contributed by atoms with van der Waals surface area (Å²) >= 11 is 1.64. The molecule has 5 heteroatoms. The summed E-state index contributed by atoms with van der Waals surface area (Å²) in [4.78, 5) is 5.67. The number of rotatable bonds is 6. The molecule has 0 unspecified atom stereocenters. The number of nitrogens with one attached hydrogen (secondary N) is 1. The van der Waals surface area contributed by atoms with Gasteiger partial charge in [0.2, 0.25) is 0 Å². The van der Waals surface area contributed by atoms with Crippen LogP contribution in [0.25, 0.3) is 11.3 Å². The predicted octanol–water partition coefficient (Wildman–Crippen LogP) is 2.99. The summed E-state index contributed by atoms with van der Waals surface area (Å²) in [7, 11) is 1.68. The number of aromatic nitrogens is 1. The van der Waals surface area contributed by atoms with Crippen molar-refractivity contribution < 1.29 is 9.13 Å². The summed E-state index contributed by atoms with van der Waals surface area (Å²) in [5, 5.41) is 4.26. The minimum Gasteiger partial charge on any atom is -0.383 e. The Bertz CT molecular complexity index is 542. The summed E-state index contributed by atoms with van der Waals surface area (Å²) in [6.45, 7) is 4.20. The van der Waals surface area contributed by atoms with Crippen molar-refractivity contribution >= 4 is 11.3 Å². The van der Waals surface area contributed by atoms with Crippen molar-refractivity contribution in [3.63, 3.8) is 0 Å². The van der Waals surface area contributed by atoms with Crippen LogP contribution >= 0.6 is 11.3 Å². The smallest absolute Gasteiger partial charge is 0.123 e.